The Morgan fingerprint density at radius 1 is 1.71 bits per heavy atom. The van der Waals surface area contributed by atoms with Gasteiger partial charge >= 0.3 is 5.97 Å². The number of esters is 1. The molecule has 0 aromatic carbocycles. The van der Waals surface area contributed by atoms with Crippen molar-refractivity contribution in [2.75, 3.05) is 7.11 Å². The summed E-state index contributed by atoms with van der Waals surface area (Å²) < 4.78 is 6.05. The number of hydrogen-bond donors (Lipinski definition) is 0. The second-order valence-electron chi connectivity index (χ2n) is 2.88. The van der Waals surface area contributed by atoms with Gasteiger partial charge in [-0.05, 0) is 13.0 Å². The predicted molar refractivity (Wildman–Crippen MR) is 48.7 cm³/mol. The fourth-order valence-corrected chi connectivity index (χ4v) is 1.14. The van der Waals surface area contributed by atoms with Gasteiger partial charge in [0.1, 0.15) is 6.29 Å². The van der Waals surface area contributed by atoms with Gasteiger partial charge in [-0.3, -0.25) is 9.48 Å². The summed E-state index contributed by atoms with van der Waals surface area (Å²) in [5.74, 6) is -0.333. The van der Waals surface area contributed by atoms with Crippen molar-refractivity contribution in [1.82, 2.24) is 9.78 Å². The van der Waals surface area contributed by atoms with Crippen LogP contribution < -0.4 is 0 Å². The minimum atomic E-state index is -0.333. The molecule has 1 aromatic rings. The highest BCUT2D eigenvalue weighted by molar-refractivity contribution is 5.71. The second-order valence-corrected chi connectivity index (χ2v) is 2.88. The van der Waals surface area contributed by atoms with E-state index in [1.807, 2.05) is 6.92 Å². The molecule has 1 heterocycles. The van der Waals surface area contributed by atoms with E-state index in [-0.39, 0.29) is 18.9 Å². The highest BCUT2D eigenvalue weighted by Crippen LogP contribution is 2.03. The topological polar surface area (TPSA) is 61.2 Å². The standard InChI is InChI=1S/C9H12N2O3/c1-7-5-8(6-9(13)14-2)10-11(7)3-4-12/h4-5H,3,6H2,1-2H3. The van der Waals surface area contributed by atoms with Crippen LogP contribution in [0.3, 0.4) is 0 Å². The van der Waals surface area contributed by atoms with Crippen LogP contribution in [0.25, 0.3) is 0 Å². The Hall–Kier alpha value is -1.65. The van der Waals surface area contributed by atoms with Crippen LogP contribution in [0.4, 0.5) is 0 Å². The number of carbonyl (C=O) groups is 2. The summed E-state index contributed by atoms with van der Waals surface area (Å²) in [4.78, 5) is 21.2. The number of aromatic nitrogens is 2. The van der Waals surface area contributed by atoms with Crippen LogP contribution in [0.15, 0.2) is 6.07 Å². The van der Waals surface area contributed by atoms with E-state index in [4.69, 9.17) is 0 Å². The van der Waals surface area contributed by atoms with Crippen molar-refractivity contribution in [3.05, 3.63) is 17.5 Å². The molecule has 0 spiro atoms. The van der Waals surface area contributed by atoms with E-state index in [2.05, 4.69) is 9.84 Å². The Bertz CT molecular complexity index is 344. The zero-order valence-corrected chi connectivity index (χ0v) is 8.19. The molecule has 0 fully saturated rings. The average molecular weight is 196 g/mol. The summed E-state index contributed by atoms with van der Waals surface area (Å²) in [6.07, 6.45) is 0.908. The lowest BCUT2D eigenvalue weighted by Crippen LogP contribution is -2.07. The van der Waals surface area contributed by atoms with Crippen molar-refractivity contribution in [2.24, 2.45) is 0 Å². The van der Waals surface area contributed by atoms with Crippen molar-refractivity contribution in [2.45, 2.75) is 19.9 Å². The van der Waals surface area contributed by atoms with Crippen LogP contribution in [0.1, 0.15) is 11.4 Å². The molecule has 0 atom stereocenters. The first-order valence-electron chi connectivity index (χ1n) is 4.21. The van der Waals surface area contributed by atoms with Gasteiger partial charge in [-0.15, -0.1) is 0 Å². The van der Waals surface area contributed by atoms with E-state index < -0.39 is 0 Å². The van der Waals surface area contributed by atoms with Gasteiger partial charge in [0.05, 0.1) is 25.8 Å². The predicted octanol–water partition coefficient (Wildman–Crippen LogP) is 0.106. The summed E-state index contributed by atoms with van der Waals surface area (Å²) in [5, 5.41) is 4.07. The van der Waals surface area contributed by atoms with E-state index >= 15 is 0 Å². The molecular formula is C9H12N2O3. The van der Waals surface area contributed by atoms with E-state index in [9.17, 15) is 9.59 Å². The molecule has 1 aromatic heterocycles. The SMILES string of the molecule is COC(=O)Cc1cc(C)n(CC=O)n1. The smallest absolute Gasteiger partial charge is 0.311 e. The molecule has 0 unspecified atom stereocenters. The second kappa shape index (κ2) is 4.55. The van der Waals surface area contributed by atoms with Crippen molar-refractivity contribution in [1.29, 1.82) is 0 Å². The molecule has 5 heteroatoms. The van der Waals surface area contributed by atoms with E-state index in [0.717, 1.165) is 12.0 Å². The summed E-state index contributed by atoms with van der Waals surface area (Å²) in [6, 6.07) is 1.76. The van der Waals surface area contributed by atoms with Crippen LogP contribution in [0, 0.1) is 6.92 Å². The third-order valence-corrected chi connectivity index (χ3v) is 1.83. The lowest BCUT2D eigenvalue weighted by atomic mass is 10.3. The summed E-state index contributed by atoms with van der Waals surface area (Å²) in [6.45, 7) is 2.05. The molecule has 0 radical (unpaired) electrons. The Kier molecular flexibility index (Phi) is 3.39. The molecule has 14 heavy (non-hydrogen) atoms. The lowest BCUT2D eigenvalue weighted by Gasteiger charge is -1.96. The number of rotatable bonds is 4. The third-order valence-electron chi connectivity index (χ3n) is 1.83. The largest absolute Gasteiger partial charge is 0.469 e. The fraction of sp³-hybridized carbons (Fsp3) is 0.444. The zero-order chi connectivity index (χ0) is 10.6. The van der Waals surface area contributed by atoms with Gasteiger partial charge in [-0.2, -0.15) is 5.10 Å². The molecule has 0 aliphatic heterocycles. The quantitative estimate of drug-likeness (QED) is 0.506. The van der Waals surface area contributed by atoms with Gasteiger partial charge in [0.2, 0.25) is 0 Å². The number of ether oxygens (including phenoxy) is 1. The van der Waals surface area contributed by atoms with E-state index in [0.29, 0.717) is 5.69 Å². The number of methoxy groups -OCH3 is 1. The van der Waals surface area contributed by atoms with Gasteiger partial charge in [0.25, 0.3) is 0 Å². The van der Waals surface area contributed by atoms with Crippen molar-refractivity contribution in [3.8, 4) is 0 Å². The maximum absolute atomic E-state index is 10.9. The van der Waals surface area contributed by atoms with Crippen LogP contribution in [0.2, 0.25) is 0 Å². The first kappa shape index (κ1) is 10.4. The number of hydrogen-bond acceptors (Lipinski definition) is 4. The van der Waals surface area contributed by atoms with E-state index in [1.165, 1.54) is 7.11 Å². The first-order valence-corrected chi connectivity index (χ1v) is 4.21. The minimum absolute atomic E-state index is 0.142. The summed E-state index contributed by atoms with van der Waals surface area (Å²) >= 11 is 0. The maximum Gasteiger partial charge on any atom is 0.311 e. The molecule has 0 amide bonds. The third kappa shape index (κ3) is 2.42. The Morgan fingerprint density at radius 3 is 3.00 bits per heavy atom. The maximum atomic E-state index is 10.9. The van der Waals surface area contributed by atoms with Crippen molar-refractivity contribution >= 4 is 12.3 Å². The molecule has 0 N–H and O–H groups in total. The number of nitrogens with zero attached hydrogens (tertiary/aromatic N) is 2. The molecular weight excluding hydrogens is 184 g/mol. The van der Waals surface area contributed by atoms with Crippen LogP contribution in [-0.4, -0.2) is 29.1 Å². The average Bonchev–Trinajstić information content (AvgIpc) is 2.47. The molecule has 76 valence electrons. The van der Waals surface area contributed by atoms with E-state index in [1.54, 1.807) is 10.7 Å². The van der Waals surface area contributed by atoms with Gasteiger partial charge in [-0.25, -0.2) is 0 Å². The van der Waals surface area contributed by atoms with Gasteiger partial charge in [0.15, 0.2) is 0 Å². The normalized spacial score (nSPS) is 9.86. The highest BCUT2D eigenvalue weighted by Gasteiger charge is 2.08. The molecule has 0 aliphatic carbocycles. The Labute approximate surface area is 81.7 Å². The molecule has 5 nitrogen and oxygen atoms in total. The van der Waals surface area contributed by atoms with Gasteiger partial charge < -0.3 is 9.53 Å². The number of aryl methyl sites for hydroxylation is 1. The van der Waals surface area contributed by atoms with Crippen LogP contribution >= 0.6 is 0 Å². The minimum Gasteiger partial charge on any atom is -0.469 e. The van der Waals surface area contributed by atoms with Crippen LogP contribution in [0.5, 0.6) is 0 Å². The Balaban J connectivity index is 2.75. The molecule has 0 aliphatic rings. The molecule has 1 rings (SSSR count). The monoisotopic (exact) mass is 196 g/mol. The summed E-state index contributed by atoms with van der Waals surface area (Å²) in [7, 11) is 1.33. The molecule has 0 saturated carbocycles. The van der Waals surface area contributed by atoms with Crippen molar-refractivity contribution < 1.29 is 14.3 Å². The zero-order valence-electron chi connectivity index (χ0n) is 8.19. The molecule has 0 bridgehead atoms. The fourth-order valence-electron chi connectivity index (χ4n) is 1.14. The van der Waals surface area contributed by atoms with Crippen LogP contribution in [-0.2, 0) is 27.3 Å². The van der Waals surface area contributed by atoms with Gasteiger partial charge in [-0.1, -0.05) is 0 Å². The number of carbonyl (C=O) groups excluding carboxylic acids is 2. The summed E-state index contributed by atoms with van der Waals surface area (Å²) in [5.41, 5.74) is 1.48. The van der Waals surface area contributed by atoms with Gasteiger partial charge in [0, 0.05) is 5.69 Å². The lowest BCUT2D eigenvalue weighted by molar-refractivity contribution is -0.139. The van der Waals surface area contributed by atoms with Crippen molar-refractivity contribution in [3.63, 3.8) is 0 Å². The Morgan fingerprint density at radius 2 is 2.43 bits per heavy atom. The highest BCUT2D eigenvalue weighted by atomic mass is 16.5. The first-order chi connectivity index (χ1) is 6.67. The number of aldehydes is 1. The molecule has 0 saturated heterocycles.